The molecule has 4 rings (SSSR count). The smallest absolute Gasteiger partial charge is 0.256 e. The predicted molar refractivity (Wildman–Crippen MR) is 121 cm³/mol. The third-order valence-electron chi connectivity index (χ3n) is 6.65. The molecule has 2 aromatic rings. The highest BCUT2D eigenvalue weighted by Gasteiger charge is 2.41. The largest absolute Gasteiger partial charge is 0.493 e. The van der Waals surface area contributed by atoms with E-state index >= 15 is 0 Å². The van der Waals surface area contributed by atoms with E-state index in [1.165, 1.54) is 24.3 Å². The molecule has 2 aliphatic rings. The number of nitrogens with zero attached hydrogens (tertiary/aromatic N) is 2. The van der Waals surface area contributed by atoms with Crippen molar-refractivity contribution in [3.05, 3.63) is 65.7 Å². The molecule has 2 aliphatic heterocycles. The van der Waals surface area contributed by atoms with Crippen LogP contribution in [0.3, 0.4) is 0 Å². The molecule has 2 aromatic carbocycles. The number of carbonyl (C=O) groups excluding carboxylic acids is 2. The molecule has 0 aliphatic carbocycles. The normalized spacial score (nSPS) is 21.0. The van der Waals surface area contributed by atoms with Crippen LogP contribution < -0.4 is 4.74 Å². The average Bonchev–Trinajstić information content (AvgIpc) is 2.84. The molecule has 0 N–H and O–H groups in total. The lowest BCUT2D eigenvalue weighted by Crippen LogP contribution is -2.51. The predicted octanol–water partition coefficient (Wildman–Crippen LogP) is 4.67. The van der Waals surface area contributed by atoms with Gasteiger partial charge in [0.05, 0.1) is 12.2 Å². The molecule has 5 nitrogen and oxygen atoms in total. The minimum atomic E-state index is -0.595. The minimum absolute atomic E-state index is 0.0371. The number of halogens is 2. The van der Waals surface area contributed by atoms with Gasteiger partial charge in [-0.25, -0.2) is 8.78 Å². The van der Waals surface area contributed by atoms with E-state index in [4.69, 9.17) is 4.74 Å². The van der Waals surface area contributed by atoms with Gasteiger partial charge in [0.15, 0.2) is 0 Å². The van der Waals surface area contributed by atoms with Crippen LogP contribution in [0.4, 0.5) is 8.78 Å². The summed E-state index contributed by atoms with van der Waals surface area (Å²) in [7, 11) is 0. The van der Waals surface area contributed by atoms with Crippen LogP contribution in [0, 0.1) is 17.0 Å². The molecular formula is C26H30F2N2O3. The highest BCUT2D eigenvalue weighted by molar-refractivity contribution is 5.94. The number of hydrogen-bond donors (Lipinski definition) is 0. The number of amides is 2. The first-order valence-corrected chi connectivity index (χ1v) is 11.7. The summed E-state index contributed by atoms with van der Waals surface area (Å²) in [6, 6.07) is 11.7. The molecular weight excluding hydrogens is 426 g/mol. The zero-order valence-electron chi connectivity index (χ0n) is 18.8. The quantitative estimate of drug-likeness (QED) is 0.635. The molecule has 2 fully saturated rings. The van der Waals surface area contributed by atoms with Gasteiger partial charge >= 0.3 is 0 Å². The molecule has 0 aromatic heterocycles. The summed E-state index contributed by atoms with van der Waals surface area (Å²) < 4.78 is 33.6. The van der Waals surface area contributed by atoms with Gasteiger partial charge in [0, 0.05) is 38.0 Å². The fourth-order valence-corrected chi connectivity index (χ4v) is 4.84. The van der Waals surface area contributed by atoms with Gasteiger partial charge < -0.3 is 14.5 Å². The standard InChI is InChI=1S/C26H30F2N2O3/c27-20-9-11-21(12-10-20)33-19-26(17-24(31)29-14-4-1-5-15-29)13-6-16-30(18-26)25(32)22-7-2-3-8-23(22)28/h2-3,7-12H,1,4-6,13-19H2/t26-/m1/s1. The van der Waals surface area contributed by atoms with E-state index in [0.717, 1.165) is 38.8 Å². The van der Waals surface area contributed by atoms with Gasteiger partial charge in [-0.05, 0) is 68.5 Å². The maximum atomic E-state index is 14.3. The number of likely N-dealkylation sites (tertiary alicyclic amines) is 2. The molecule has 176 valence electrons. The average molecular weight is 457 g/mol. The first-order chi connectivity index (χ1) is 16.0. The SMILES string of the molecule is O=C(C[C@]1(COc2ccc(F)cc2)CCCN(C(=O)c2ccccc2F)C1)N1CCCCC1. The van der Waals surface area contributed by atoms with Crippen molar-refractivity contribution < 1.29 is 23.1 Å². The summed E-state index contributed by atoms with van der Waals surface area (Å²) in [6.07, 6.45) is 4.81. The van der Waals surface area contributed by atoms with Crippen LogP contribution in [0.25, 0.3) is 0 Å². The van der Waals surface area contributed by atoms with Gasteiger partial charge in [-0.2, -0.15) is 0 Å². The Bertz CT molecular complexity index is 976. The molecule has 7 heteroatoms. The van der Waals surface area contributed by atoms with Crippen LogP contribution in [-0.4, -0.2) is 54.4 Å². The maximum Gasteiger partial charge on any atom is 0.256 e. The monoisotopic (exact) mass is 456 g/mol. The third-order valence-corrected chi connectivity index (χ3v) is 6.65. The van der Waals surface area contributed by atoms with Gasteiger partial charge in [-0.15, -0.1) is 0 Å². The Morgan fingerprint density at radius 3 is 2.30 bits per heavy atom. The van der Waals surface area contributed by atoms with E-state index in [1.807, 2.05) is 4.90 Å². The molecule has 0 saturated carbocycles. The Morgan fingerprint density at radius 2 is 1.58 bits per heavy atom. The number of hydrogen-bond acceptors (Lipinski definition) is 3. The van der Waals surface area contributed by atoms with E-state index < -0.39 is 11.2 Å². The molecule has 33 heavy (non-hydrogen) atoms. The van der Waals surface area contributed by atoms with Crippen molar-refractivity contribution in [1.29, 1.82) is 0 Å². The summed E-state index contributed by atoms with van der Waals surface area (Å²) >= 11 is 0. The number of benzene rings is 2. The van der Waals surface area contributed by atoms with Gasteiger partial charge in [0.1, 0.15) is 17.4 Å². The maximum absolute atomic E-state index is 14.3. The summed E-state index contributed by atoms with van der Waals surface area (Å²) in [4.78, 5) is 29.8. The lowest BCUT2D eigenvalue weighted by molar-refractivity contribution is -0.136. The summed E-state index contributed by atoms with van der Waals surface area (Å²) in [5, 5.41) is 0. The zero-order chi connectivity index (χ0) is 23.3. The number of rotatable bonds is 6. The van der Waals surface area contributed by atoms with Crippen molar-refractivity contribution in [2.45, 2.75) is 38.5 Å². The van der Waals surface area contributed by atoms with Crippen LogP contribution in [0.15, 0.2) is 48.5 Å². The Balaban J connectivity index is 1.54. The molecule has 0 spiro atoms. The first kappa shape index (κ1) is 23.2. The Labute approximate surface area is 193 Å². The van der Waals surface area contributed by atoms with Crippen LogP contribution >= 0.6 is 0 Å². The van der Waals surface area contributed by atoms with Gasteiger partial charge in [0.2, 0.25) is 5.91 Å². The second kappa shape index (κ2) is 10.3. The summed E-state index contributed by atoms with van der Waals surface area (Å²) in [6.45, 7) is 2.54. The van der Waals surface area contributed by atoms with Crippen molar-refractivity contribution >= 4 is 11.8 Å². The third kappa shape index (κ3) is 5.70. The van der Waals surface area contributed by atoms with Crippen LogP contribution in [0.2, 0.25) is 0 Å². The van der Waals surface area contributed by atoms with E-state index in [1.54, 1.807) is 29.2 Å². The van der Waals surface area contributed by atoms with Crippen LogP contribution in [0.5, 0.6) is 5.75 Å². The molecule has 0 unspecified atom stereocenters. The second-order valence-electron chi connectivity index (χ2n) is 9.17. The van der Waals surface area contributed by atoms with Crippen LogP contribution in [-0.2, 0) is 4.79 Å². The molecule has 0 radical (unpaired) electrons. The number of ether oxygens (including phenoxy) is 1. The lowest BCUT2D eigenvalue weighted by Gasteiger charge is -2.43. The fourth-order valence-electron chi connectivity index (χ4n) is 4.84. The van der Waals surface area contributed by atoms with Gasteiger partial charge in [-0.1, -0.05) is 12.1 Å². The minimum Gasteiger partial charge on any atom is -0.493 e. The Hall–Kier alpha value is -2.96. The van der Waals surface area contributed by atoms with Crippen molar-refractivity contribution in [2.24, 2.45) is 5.41 Å². The topological polar surface area (TPSA) is 49.9 Å². The molecule has 0 bridgehead atoms. The lowest BCUT2D eigenvalue weighted by atomic mass is 9.77. The first-order valence-electron chi connectivity index (χ1n) is 11.7. The van der Waals surface area contributed by atoms with E-state index in [0.29, 0.717) is 25.3 Å². The Kier molecular flexibility index (Phi) is 7.26. The van der Waals surface area contributed by atoms with Gasteiger partial charge in [-0.3, -0.25) is 9.59 Å². The van der Waals surface area contributed by atoms with Crippen LogP contribution in [0.1, 0.15) is 48.9 Å². The molecule has 2 amide bonds. The van der Waals surface area contributed by atoms with E-state index in [9.17, 15) is 18.4 Å². The summed E-state index contributed by atoms with van der Waals surface area (Å²) in [5.41, 5.74) is -0.558. The van der Waals surface area contributed by atoms with Crippen molar-refractivity contribution in [3.63, 3.8) is 0 Å². The van der Waals surface area contributed by atoms with Crippen molar-refractivity contribution in [2.75, 3.05) is 32.8 Å². The number of piperidine rings is 2. The van der Waals surface area contributed by atoms with E-state index in [-0.39, 0.29) is 36.2 Å². The fraction of sp³-hybridized carbons (Fsp3) is 0.462. The van der Waals surface area contributed by atoms with Crippen molar-refractivity contribution in [1.82, 2.24) is 9.80 Å². The highest BCUT2D eigenvalue weighted by atomic mass is 19.1. The molecule has 2 heterocycles. The highest BCUT2D eigenvalue weighted by Crippen LogP contribution is 2.36. The number of carbonyl (C=O) groups is 2. The second-order valence-corrected chi connectivity index (χ2v) is 9.17. The molecule has 1 atom stereocenters. The van der Waals surface area contributed by atoms with Crippen molar-refractivity contribution in [3.8, 4) is 5.75 Å². The zero-order valence-corrected chi connectivity index (χ0v) is 18.8. The summed E-state index contributed by atoms with van der Waals surface area (Å²) in [5.74, 6) is -0.692. The Morgan fingerprint density at radius 1 is 0.879 bits per heavy atom. The van der Waals surface area contributed by atoms with E-state index in [2.05, 4.69) is 0 Å². The van der Waals surface area contributed by atoms with Gasteiger partial charge in [0.25, 0.3) is 5.91 Å². The molecule has 2 saturated heterocycles.